The van der Waals surface area contributed by atoms with Gasteiger partial charge in [-0.05, 0) is 56.0 Å². The molecule has 17 heavy (non-hydrogen) atoms. The van der Waals surface area contributed by atoms with E-state index in [1.807, 2.05) is 0 Å². The summed E-state index contributed by atoms with van der Waals surface area (Å²) in [5.74, 6) is 1.05. The highest BCUT2D eigenvalue weighted by atomic mass is 16.4. The van der Waals surface area contributed by atoms with Crippen LogP contribution < -0.4 is 0 Å². The number of aliphatic carboxylic acids is 1. The fraction of sp³-hybridized carbons (Fsp3) is 0.929. The van der Waals surface area contributed by atoms with Crippen LogP contribution in [0.15, 0.2) is 0 Å². The summed E-state index contributed by atoms with van der Waals surface area (Å²) in [5.41, 5.74) is 0.135. The van der Waals surface area contributed by atoms with Gasteiger partial charge in [-0.2, -0.15) is 0 Å². The van der Waals surface area contributed by atoms with E-state index in [-0.39, 0.29) is 5.41 Å². The van der Waals surface area contributed by atoms with E-state index in [2.05, 4.69) is 18.7 Å². The van der Waals surface area contributed by atoms with Crippen molar-refractivity contribution in [3.05, 3.63) is 0 Å². The van der Waals surface area contributed by atoms with Crippen molar-refractivity contribution >= 4 is 5.97 Å². The molecule has 0 bridgehead atoms. The van der Waals surface area contributed by atoms with Gasteiger partial charge in [-0.1, -0.05) is 13.8 Å². The fourth-order valence-electron chi connectivity index (χ4n) is 3.14. The first-order valence-electron chi connectivity index (χ1n) is 6.95. The summed E-state index contributed by atoms with van der Waals surface area (Å²) in [4.78, 5) is 13.3. The normalized spacial score (nSPS) is 25.1. The minimum Gasteiger partial charge on any atom is -0.481 e. The maximum atomic E-state index is 10.8. The number of carboxylic acids is 1. The Bertz CT molecular complexity index is 276. The lowest BCUT2D eigenvalue weighted by molar-refractivity contribution is -0.138. The van der Waals surface area contributed by atoms with E-state index < -0.39 is 5.97 Å². The second-order valence-electron chi connectivity index (χ2n) is 6.43. The van der Waals surface area contributed by atoms with Crippen LogP contribution in [-0.4, -0.2) is 35.6 Å². The van der Waals surface area contributed by atoms with E-state index in [0.717, 1.165) is 31.2 Å². The molecule has 1 saturated heterocycles. The molecular formula is C14H25NO2. The van der Waals surface area contributed by atoms with Crippen LogP contribution in [0.1, 0.15) is 46.0 Å². The van der Waals surface area contributed by atoms with E-state index in [0.29, 0.717) is 6.42 Å². The van der Waals surface area contributed by atoms with Gasteiger partial charge in [-0.15, -0.1) is 0 Å². The molecule has 1 N–H and O–H groups in total. The molecule has 98 valence electrons. The second-order valence-corrected chi connectivity index (χ2v) is 6.43. The molecule has 1 aliphatic carbocycles. The second kappa shape index (κ2) is 4.97. The summed E-state index contributed by atoms with van der Waals surface area (Å²) >= 11 is 0. The average molecular weight is 239 g/mol. The largest absolute Gasteiger partial charge is 0.481 e. The van der Waals surface area contributed by atoms with Crippen LogP contribution in [0.4, 0.5) is 0 Å². The molecule has 0 radical (unpaired) electrons. The number of hydrogen-bond acceptors (Lipinski definition) is 2. The van der Waals surface area contributed by atoms with Gasteiger partial charge in [-0.25, -0.2) is 0 Å². The third-order valence-corrected chi connectivity index (χ3v) is 4.62. The lowest BCUT2D eigenvalue weighted by Gasteiger charge is -2.35. The third-order valence-electron chi connectivity index (χ3n) is 4.62. The number of rotatable bonds is 5. The van der Waals surface area contributed by atoms with Gasteiger partial charge in [0.25, 0.3) is 0 Å². The predicted molar refractivity (Wildman–Crippen MR) is 67.9 cm³/mol. The maximum Gasteiger partial charge on any atom is 0.303 e. The van der Waals surface area contributed by atoms with Crippen molar-refractivity contribution in [3.63, 3.8) is 0 Å². The standard InChI is InChI=1S/C14H25NO2/c1-11(2)12-3-7-15(8-4-12)10-14(5-6-14)9-13(16)17/h11-12H,3-10H2,1-2H3,(H,16,17). The van der Waals surface area contributed by atoms with Crippen molar-refractivity contribution in [2.45, 2.75) is 46.0 Å². The Labute approximate surface area is 104 Å². The summed E-state index contributed by atoms with van der Waals surface area (Å²) in [6.07, 6.45) is 5.19. The van der Waals surface area contributed by atoms with Crippen molar-refractivity contribution in [2.24, 2.45) is 17.3 Å². The molecule has 3 nitrogen and oxygen atoms in total. The highest BCUT2D eigenvalue weighted by Crippen LogP contribution is 2.49. The van der Waals surface area contributed by atoms with Crippen LogP contribution in [0.25, 0.3) is 0 Å². The van der Waals surface area contributed by atoms with Crippen molar-refractivity contribution in [2.75, 3.05) is 19.6 Å². The lowest BCUT2D eigenvalue weighted by atomic mass is 9.86. The molecule has 1 saturated carbocycles. The Morgan fingerprint density at radius 2 is 1.94 bits per heavy atom. The van der Waals surface area contributed by atoms with Crippen molar-refractivity contribution < 1.29 is 9.90 Å². The van der Waals surface area contributed by atoms with Crippen LogP contribution in [0.3, 0.4) is 0 Å². The van der Waals surface area contributed by atoms with Crippen molar-refractivity contribution in [1.29, 1.82) is 0 Å². The van der Waals surface area contributed by atoms with Gasteiger partial charge >= 0.3 is 5.97 Å². The number of likely N-dealkylation sites (tertiary alicyclic amines) is 1. The molecule has 0 aromatic rings. The molecule has 0 unspecified atom stereocenters. The highest BCUT2D eigenvalue weighted by molar-refractivity contribution is 5.68. The molecule has 0 aromatic heterocycles. The van der Waals surface area contributed by atoms with Gasteiger partial charge in [0.15, 0.2) is 0 Å². The fourth-order valence-corrected chi connectivity index (χ4v) is 3.14. The third kappa shape index (κ3) is 3.44. The van der Waals surface area contributed by atoms with E-state index in [1.54, 1.807) is 0 Å². The van der Waals surface area contributed by atoms with Crippen molar-refractivity contribution in [3.8, 4) is 0 Å². The minimum atomic E-state index is -0.625. The van der Waals surface area contributed by atoms with Gasteiger partial charge < -0.3 is 10.0 Å². The van der Waals surface area contributed by atoms with E-state index in [1.165, 1.54) is 25.9 Å². The molecular weight excluding hydrogens is 214 g/mol. The monoisotopic (exact) mass is 239 g/mol. The number of carboxylic acid groups (broad SMARTS) is 1. The molecule has 1 aliphatic heterocycles. The number of nitrogens with zero attached hydrogens (tertiary/aromatic N) is 1. The molecule has 0 spiro atoms. The smallest absolute Gasteiger partial charge is 0.303 e. The quantitative estimate of drug-likeness (QED) is 0.801. The molecule has 3 heteroatoms. The summed E-state index contributed by atoms with van der Waals surface area (Å²) in [6.45, 7) is 7.98. The maximum absolute atomic E-state index is 10.8. The molecule has 0 amide bonds. The Balaban J connectivity index is 1.76. The van der Waals surface area contributed by atoms with Gasteiger partial charge in [0.2, 0.25) is 0 Å². The van der Waals surface area contributed by atoms with Gasteiger partial charge in [0, 0.05) is 6.54 Å². The van der Waals surface area contributed by atoms with Crippen LogP contribution in [-0.2, 0) is 4.79 Å². The van der Waals surface area contributed by atoms with Crippen LogP contribution in [0.5, 0.6) is 0 Å². The summed E-state index contributed by atoms with van der Waals surface area (Å²) in [5, 5.41) is 8.91. The van der Waals surface area contributed by atoms with E-state index >= 15 is 0 Å². The Hall–Kier alpha value is -0.570. The Morgan fingerprint density at radius 3 is 2.35 bits per heavy atom. The van der Waals surface area contributed by atoms with Crippen LogP contribution >= 0.6 is 0 Å². The topological polar surface area (TPSA) is 40.5 Å². The number of piperidine rings is 1. The first-order valence-corrected chi connectivity index (χ1v) is 6.95. The Morgan fingerprint density at radius 1 is 1.35 bits per heavy atom. The zero-order valence-electron chi connectivity index (χ0n) is 11.1. The number of hydrogen-bond donors (Lipinski definition) is 1. The van der Waals surface area contributed by atoms with Gasteiger partial charge in [-0.3, -0.25) is 4.79 Å². The summed E-state index contributed by atoms with van der Waals surface area (Å²) in [6, 6.07) is 0. The number of carbonyl (C=O) groups is 1. The predicted octanol–water partition coefficient (Wildman–Crippen LogP) is 2.61. The van der Waals surface area contributed by atoms with Gasteiger partial charge in [0.1, 0.15) is 0 Å². The first-order chi connectivity index (χ1) is 8.01. The zero-order valence-corrected chi connectivity index (χ0v) is 11.1. The molecule has 2 fully saturated rings. The van der Waals surface area contributed by atoms with E-state index in [4.69, 9.17) is 5.11 Å². The van der Waals surface area contributed by atoms with E-state index in [9.17, 15) is 4.79 Å². The summed E-state index contributed by atoms with van der Waals surface area (Å²) < 4.78 is 0. The van der Waals surface area contributed by atoms with Crippen molar-refractivity contribution in [1.82, 2.24) is 4.90 Å². The SMILES string of the molecule is CC(C)C1CCN(CC2(CC(=O)O)CC2)CC1. The summed E-state index contributed by atoms with van der Waals surface area (Å²) in [7, 11) is 0. The molecule has 2 rings (SSSR count). The Kier molecular flexibility index (Phi) is 3.76. The molecule has 1 heterocycles. The zero-order chi connectivity index (χ0) is 12.5. The lowest BCUT2D eigenvalue weighted by Crippen LogP contribution is -2.39. The average Bonchev–Trinajstić information content (AvgIpc) is 2.97. The molecule has 0 aromatic carbocycles. The van der Waals surface area contributed by atoms with Crippen LogP contribution in [0.2, 0.25) is 0 Å². The van der Waals surface area contributed by atoms with Crippen LogP contribution in [0, 0.1) is 17.3 Å². The molecule has 0 atom stereocenters. The molecule has 2 aliphatic rings. The van der Waals surface area contributed by atoms with Gasteiger partial charge in [0.05, 0.1) is 6.42 Å². The first kappa shape index (κ1) is 12.9. The minimum absolute atomic E-state index is 0.135. The highest BCUT2D eigenvalue weighted by Gasteiger charge is 2.45.